The Morgan fingerprint density at radius 2 is 2.10 bits per heavy atom. The molecule has 1 aromatic heterocycles. The fourth-order valence-electron chi connectivity index (χ4n) is 3.44. The van der Waals surface area contributed by atoms with Gasteiger partial charge in [0.2, 0.25) is 0 Å². The third kappa shape index (κ3) is 3.06. The van der Waals surface area contributed by atoms with E-state index in [4.69, 9.17) is 0 Å². The van der Waals surface area contributed by atoms with Crippen molar-refractivity contribution in [3.63, 3.8) is 0 Å². The highest BCUT2D eigenvalue weighted by atomic mass is 79.9. The van der Waals surface area contributed by atoms with Gasteiger partial charge in [-0.2, -0.15) is 0 Å². The first-order valence-electron chi connectivity index (χ1n) is 7.72. The predicted octanol–water partition coefficient (Wildman–Crippen LogP) is 2.42. The standard InChI is InChI=1S/C17H21BrN2O/c1-20(13-6-3-2-4-7-13)11-12-10-15(18)17(21)16-14(12)8-5-9-19-16/h5,8-10,13,21H,2-4,6-7,11H2,1H3. The molecule has 1 N–H and O–H groups in total. The molecular weight excluding hydrogens is 328 g/mol. The number of nitrogens with one attached hydrogen (secondary N) is 1. The number of aromatic nitrogens is 1. The van der Waals surface area contributed by atoms with Crippen LogP contribution in [0.5, 0.6) is 5.75 Å². The molecule has 1 atom stereocenters. The number of hydrogen-bond donors (Lipinski definition) is 1. The van der Waals surface area contributed by atoms with Crippen molar-refractivity contribution >= 4 is 26.8 Å². The summed E-state index contributed by atoms with van der Waals surface area (Å²) < 4.78 is 0.625. The van der Waals surface area contributed by atoms with Gasteiger partial charge in [0.15, 0.2) is 0 Å². The second-order valence-corrected chi connectivity index (χ2v) is 6.96. The van der Waals surface area contributed by atoms with Crippen molar-refractivity contribution < 1.29 is 10.0 Å². The molecule has 0 radical (unpaired) electrons. The van der Waals surface area contributed by atoms with Crippen LogP contribution in [0.1, 0.15) is 37.7 Å². The molecule has 0 amide bonds. The van der Waals surface area contributed by atoms with Crippen molar-refractivity contribution in [2.45, 2.75) is 44.7 Å². The molecule has 1 fully saturated rings. The van der Waals surface area contributed by atoms with Crippen molar-refractivity contribution in [2.75, 3.05) is 7.05 Å². The maximum absolute atomic E-state index is 12.2. The number of nitrogens with zero attached hydrogens (tertiary/aromatic N) is 1. The van der Waals surface area contributed by atoms with Crippen molar-refractivity contribution in [1.29, 1.82) is 0 Å². The maximum atomic E-state index is 12.2. The minimum absolute atomic E-state index is 0.00957. The Morgan fingerprint density at radius 1 is 1.33 bits per heavy atom. The number of rotatable bonds is 3. The molecule has 0 saturated heterocycles. The summed E-state index contributed by atoms with van der Waals surface area (Å²) in [6.07, 6.45) is 8.43. The molecule has 4 heteroatoms. The van der Waals surface area contributed by atoms with Crippen LogP contribution >= 0.6 is 15.9 Å². The fraction of sp³-hybridized carbons (Fsp3) is 0.471. The maximum Gasteiger partial charge on any atom is 0.103 e. The second kappa shape index (κ2) is 6.32. The summed E-state index contributed by atoms with van der Waals surface area (Å²) in [6, 6.07) is 6.66. The van der Waals surface area contributed by atoms with Gasteiger partial charge in [0.05, 0.1) is 18.6 Å². The molecule has 0 spiro atoms. The molecule has 1 heterocycles. The molecule has 1 aliphatic carbocycles. The Kier molecular flexibility index (Phi) is 4.45. The van der Waals surface area contributed by atoms with Crippen LogP contribution in [0.2, 0.25) is 0 Å². The molecule has 1 aliphatic rings. The van der Waals surface area contributed by atoms with Crippen molar-refractivity contribution in [3.8, 4) is 5.75 Å². The predicted molar refractivity (Wildman–Crippen MR) is 86.4 cm³/mol. The third-order valence-electron chi connectivity index (χ3n) is 4.66. The van der Waals surface area contributed by atoms with Gasteiger partial charge >= 0.3 is 0 Å². The zero-order chi connectivity index (χ0) is 14.8. The zero-order valence-electron chi connectivity index (χ0n) is 12.4. The van der Waals surface area contributed by atoms with E-state index in [0.717, 1.165) is 18.0 Å². The van der Waals surface area contributed by atoms with Crippen molar-refractivity contribution in [1.82, 2.24) is 4.98 Å². The largest absolute Gasteiger partial charge is 0.870 e. The van der Waals surface area contributed by atoms with Crippen molar-refractivity contribution in [2.24, 2.45) is 0 Å². The van der Waals surface area contributed by atoms with Crippen LogP contribution < -0.4 is 10.0 Å². The molecule has 1 unspecified atom stereocenters. The molecule has 21 heavy (non-hydrogen) atoms. The molecule has 0 aliphatic heterocycles. The van der Waals surface area contributed by atoms with Gasteiger partial charge in [-0.05, 0) is 37.8 Å². The Hall–Kier alpha value is -1.13. The highest BCUT2D eigenvalue weighted by Crippen LogP contribution is 2.31. The van der Waals surface area contributed by atoms with Crippen LogP contribution in [0.3, 0.4) is 0 Å². The first-order chi connectivity index (χ1) is 10.2. The van der Waals surface area contributed by atoms with Gasteiger partial charge in [0, 0.05) is 21.6 Å². The minimum Gasteiger partial charge on any atom is -0.870 e. The van der Waals surface area contributed by atoms with Gasteiger partial charge in [0.25, 0.3) is 0 Å². The number of quaternary nitrogens is 1. The van der Waals surface area contributed by atoms with Gasteiger partial charge < -0.3 is 10.0 Å². The molecule has 1 saturated carbocycles. The number of hydrogen-bond acceptors (Lipinski definition) is 2. The number of halogens is 1. The summed E-state index contributed by atoms with van der Waals surface area (Å²) in [6.45, 7) is 0.950. The zero-order valence-corrected chi connectivity index (χ0v) is 13.9. The smallest absolute Gasteiger partial charge is 0.103 e. The van der Waals surface area contributed by atoms with Gasteiger partial charge in [-0.25, -0.2) is 0 Å². The topological polar surface area (TPSA) is 40.4 Å². The number of pyridine rings is 1. The Labute approximate surface area is 134 Å². The lowest BCUT2D eigenvalue weighted by Crippen LogP contribution is -3.11. The van der Waals surface area contributed by atoms with E-state index in [1.54, 1.807) is 11.1 Å². The van der Waals surface area contributed by atoms with Crippen LogP contribution in [0, 0.1) is 0 Å². The van der Waals surface area contributed by atoms with Crippen LogP contribution in [-0.2, 0) is 6.54 Å². The molecule has 3 rings (SSSR count). The van der Waals surface area contributed by atoms with Gasteiger partial charge in [-0.15, -0.1) is 0 Å². The van der Waals surface area contributed by atoms with Crippen molar-refractivity contribution in [3.05, 3.63) is 34.4 Å². The fourth-order valence-corrected chi connectivity index (χ4v) is 3.91. The molecule has 2 aromatic rings. The minimum atomic E-state index is -0.00957. The van der Waals surface area contributed by atoms with E-state index in [1.165, 1.54) is 37.7 Å². The monoisotopic (exact) mass is 348 g/mol. The molecule has 0 bridgehead atoms. The highest BCUT2D eigenvalue weighted by Gasteiger charge is 2.22. The average Bonchev–Trinajstić information content (AvgIpc) is 2.53. The lowest BCUT2D eigenvalue weighted by molar-refractivity contribution is -0.920. The summed E-state index contributed by atoms with van der Waals surface area (Å²) in [5, 5.41) is 13.2. The highest BCUT2D eigenvalue weighted by molar-refractivity contribution is 9.10. The lowest BCUT2D eigenvalue weighted by atomic mass is 9.94. The quantitative estimate of drug-likeness (QED) is 0.925. The summed E-state index contributed by atoms with van der Waals surface area (Å²) in [4.78, 5) is 5.82. The number of benzene rings is 1. The van der Waals surface area contributed by atoms with E-state index in [1.807, 2.05) is 18.2 Å². The van der Waals surface area contributed by atoms with Crippen LogP contribution in [0.4, 0.5) is 0 Å². The Morgan fingerprint density at radius 3 is 2.86 bits per heavy atom. The molecular formula is C17H21BrN2O. The first-order valence-corrected chi connectivity index (χ1v) is 8.51. The molecule has 112 valence electrons. The summed E-state index contributed by atoms with van der Waals surface area (Å²) in [7, 11) is 2.28. The molecule has 1 aromatic carbocycles. The normalized spacial score (nSPS) is 18.0. The van der Waals surface area contributed by atoms with Crippen LogP contribution in [0.25, 0.3) is 10.9 Å². The van der Waals surface area contributed by atoms with E-state index in [2.05, 4.69) is 28.0 Å². The van der Waals surface area contributed by atoms with Crippen LogP contribution in [0.15, 0.2) is 28.9 Å². The Bertz CT molecular complexity index is 638. The SMILES string of the molecule is C[NH+](Cc1cc(Br)c([O-])c2ncccc12)C1CCCCC1. The van der Waals surface area contributed by atoms with E-state index in [-0.39, 0.29) is 5.75 Å². The van der Waals surface area contributed by atoms with E-state index < -0.39 is 0 Å². The molecule has 3 nitrogen and oxygen atoms in total. The van der Waals surface area contributed by atoms with E-state index >= 15 is 0 Å². The van der Waals surface area contributed by atoms with Gasteiger partial charge in [0.1, 0.15) is 6.54 Å². The third-order valence-corrected chi connectivity index (χ3v) is 5.25. The Balaban J connectivity index is 1.91. The van der Waals surface area contributed by atoms with E-state index in [0.29, 0.717) is 9.99 Å². The number of fused-ring (bicyclic) bond motifs is 1. The summed E-state index contributed by atoms with van der Waals surface area (Å²) in [5.41, 5.74) is 1.80. The summed E-state index contributed by atoms with van der Waals surface area (Å²) in [5.74, 6) is -0.00957. The second-order valence-electron chi connectivity index (χ2n) is 6.10. The first kappa shape index (κ1) is 14.8. The van der Waals surface area contributed by atoms with Gasteiger partial charge in [-0.3, -0.25) is 4.98 Å². The van der Waals surface area contributed by atoms with E-state index in [9.17, 15) is 5.11 Å². The average molecular weight is 349 g/mol. The summed E-state index contributed by atoms with van der Waals surface area (Å²) >= 11 is 3.39. The lowest BCUT2D eigenvalue weighted by Gasteiger charge is -2.29. The van der Waals surface area contributed by atoms with Crippen LogP contribution in [-0.4, -0.2) is 18.1 Å². The van der Waals surface area contributed by atoms with Gasteiger partial charge in [-0.1, -0.05) is 34.2 Å².